The highest BCUT2D eigenvalue weighted by Crippen LogP contribution is 2.36. The summed E-state index contributed by atoms with van der Waals surface area (Å²) in [6, 6.07) is 8.30. The number of nitrogens with zero attached hydrogens (tertiary/aromatic N) is 1. The molecule has 0 aliphatic carbocycles. The fraction of sp³-hybridized carbons (Fsp3) is 0.391. The van der Waals surface area contributed by atoms with Gasteiger partial charge in [-0.25, -0.2) is 8.42 Å². The molecule has 8 nitrogen and oxygen atoms in total. The molecule has 2 aromatic rings. The number of aryl methyl sites for hydroxylation is 2. The molecule has 4 rings (SSSR count). The summed E-state index contributed by atoms with van der Waals surface area (Å²) < 4.78 is 33.9. The van der Waals surface area contributed by atoms with E-state index >= 15 is 0 Å². The molecule has 0 saturated carbocycles. The fourth-order valence-corrected chi connectivity index (χ4v) is 6.02. The highest BCUT2D eigenvalue weighted by molar-refractivity contribution is 7.89. The van der Waals surface area contributed by atoms with Gasteiger partial charge in [-0.3, -0.25) is 9.59 Å². The van der Waals surface area contributed by atoms with Crippen LogP contribution >= 0.6 is 11.6 Å². The molecule has 1 saturated heterocycles. The minimum atomic E-state index is -3.87. The van der Waals surface area contributed by atoms with Gasteiger partial charge in [-0.05, 0) is 62.9 Å². The van der Waals surface area contributed by atoms with E-state index in [0.29, 0.717) is 47.1 Å². The first-order valence-electron chi connectivity index (χ1n) is 10.8. The van der Waals surface area contributed by atoms with Gasteiger partial charge < -0.3 is 15.4 Å². The van der Waals surface area contributed by atoms with E-state index in [0.717, 1.165) is 5.56 Å². The van der Waals surface area contributed by atoms with Crippen molar-refractivity contribution in [2.75, 3.05) is 23.7 Å². The van der Waals surface area contributed by atoms with Gasteiger partial charge in [0.15, 0.2) is 6.10 Å². The number of piperidine rings is 1. The summed E-state index contributed by atoms with van der Waals surface area (Å²) in [7, 11) is -3.87. The lowest BCUT2D eigenvalue weighted by molar-refractivity contribution is -0.123. The van der Waals surface area contributed by atoms with E-state index < -0.39 is 22.0 Å². The number of nitrogens with one attached hydrogen (secondary N) is 2. The van der Waals surface area contributed by atoms with Gasteiger partial charge in [0.25, 0.3) is 5.91 Å². The number of carbonyl (C=O) groups is 2. The molecule has 33 heavy (non-hydrogen) atoms. The van der Waals surface area contributed by atoms with Crippen LogP contribution in [0.15, 0.2) is 35.2 Å². The third kappa shape index (κ3) is 4.71. The molecule has 2 amide bonds. The van der Waals surface area contributed by atoms with Crippen molar-refractivity contribution in [2.45, 2.75) is 44.6 Å². The van der Waals surface area contributed by atoms with Crippen LogP contribution in [-0.4, -0.2) is 43.7 Å². The molecule has 2 aromatic carbocycles. The minimum Gasteiger partial charge on any atom is -0.479 e. The molecular weight excluding hydrogens is 466 g/mol. The minimum absolute atomic E-state index is 0.0816. The number of carbonyl (C=O) groups excluding carboxylic acids is 2. The second-order valence-corrected chi connectivity index (χ2v) is 10.9. The van der Waals surface area contributed by atoms with E-state index in [4.69, 9.17) is 16.3 Å². The van der Waals surface area contributed by atoms with E-state index in [1.165, 1.54) is 10.4 Å². The molecule has 2 N–H and O–H groups in total. The van der Waals surface area contributed by atoms with Crippen LogP contribution in [0.25, 0.3) is 0 Å². The van der Waals surface area contributed by atoms with Crippen LogP contribution < -0.4 is 15.4 Å². The van der Waals surface area contributed by atoms with Crippen molar-refractivity contribution < 1.29 is 22.7 Å². The van der Waals surface area contributed by atoms with Crippen molar-refractivity contribution in [1.29, 1.82) is 0 Å². The molecule has 0 radical (unpaired) electrons. The number of hydrogen-bond donors (Lipinski definition) is 2. The van der Waals surface area contributed by atoms with Crippen LogP contribution in [0.3, 0.4) is 0 Å². The number of hydrogen-bond acceptors (Lipinski definition) is 5. The third-order valence-corrected chi connectivity index (χ3v) is 8.28. The molecule has 10 heteroatoms. The van der Waals surface area contributed by atoms with Gasteiger partial charge in [0.2, 0.25) is 15.9 Å². The molecule has 0 bridgehead atoms. The van der Waals surface area contributed by atoms with Crippen molar-refractivity contribution >= 4 is 44.8 Å². The molecule has 176 valence electrons. The van der Waals surface area contributed by atoms with Crippen LogP contribution in [0, 0.1) is 19.8 Å². The molecule has 2 aliphatic heterocycles. The lowest BCUT2D eigenvalue weighted by atomic mass is 9.98. The van der Waals surface area contributed by atoms with Crippen molar-refractivity contribution in [3.63, 3.8) is 0 Å². The Morgan fingerprint density at radius 3 is 2.73 bits per heavy atom. The molecule has 0 unspecified atom stereocenters. The maximum Gasteiger partial charge on any atom is 0.265 e. The summed E-state index contributed by atoms with van der Waals surface area (Å²) in [5.74, 6) is -0.686. The van der Waals surface area contributed by atoms with Gasteiger partial charge >= 0.3 is 0 Å². The van der Waals surface area contributed by atoms with Crippen LogP contribution in [0.5, 0.6) is 5.75 Å². The predicted molar refractivity (Wildman–Crippen MR) is 126 cm³/mol. The number of fused-ring (bicyclic) bond motifs is 1. The molecule has 2 heterocycles. The average molecular weight is 492 g/mol. The maximum atomic E-state index is 13.5. The quantitative estimate of drug-likeness (QED) is 0.678. The monoisotopic (exact) mass is 491 g/mol. The van der Waals surface area contributed by atoms with Crippen molar-refractivity contribution in [3.05, 3.63) is 46.5 Å². The Labute approximate surface area is 198 Å². The Morgan fingerprint density at radius 1 is 1.21 bits per heavy atom. The van der Waals surface area contributed by atoms with Gasteiger partial charge in [-0.1, -0.05) is 17.7 Å². The Kier molecular flexibility index (Phi) is 6.39. The summed E-state index contributed by atoms with van der Waals surface area (Å²) in [4.78, 5) is 24.9. The molecule has 0 spiro atoms. The summed E-state index contributed by atoms with van der Waals surface area (Å²) in [5, 5.41) is 6.13. The Hall–Kier alpha value is -2.62. The highest BCUT2D eigenvalue weighted by atomic mass is 35.5. The Morgan fingerprint density at radius 2 is 1.97 bits per heavy atom. The number of rotatable bonds is 4. The topological polar surface area (TPSA) is 105 Å². The summed E-state index contributed by atoms with van der Waals surface area (Å²) in [5.41, 5.74) is 2.43. The highest BCUT2D eigenvalue weighted by Gasteiger charge is 2.35. The first-order chi connectivity index (χ1) is 15.6. The first-order valence-corrected chi connectivity index (χ1v) is 12.6. The first kappa shape index (κ1) is 23.5. The maximum absolute atomic E-state index is 13.5. The molecule has 2 aliphatic rings. The van der Waals surface area contributed by atoms with Gasteiger partial charge in [-0.15, -0.1) is 0 Å². The SMILES string of the molecule is Cc1ccc(Cl)cc1NC(=O)[C@@H]1CCCN(S(=O)(=O)c2cc3c(cc2C)NC(=O)[C@@H](C)O3)C1. The molecule has 1 fully saturated rings. The smallest absolute Gasteiger partial charge is 0.265 e. The van der Waals surface area contributed by atoms with Crippen molar-refractivity contribution in [2.24, 2.45) is 5.92 Å². The van der Waals surface area contributed by atoms with E-state index in [-0.39, 0.29) is 23.3 Å². The van der Waals surface area contributed by atoms with Crippen molar-refractivity contribution in [3.8, 4) is 5.75 Å². The second-order valence-electron chi connectivity index (χ2n) is 8.51. The third-order valence-electron chi connectivity index (χ3n) is 6.04. The van der Waals surface area contributed by atoms with Gasteiger partial charge in [0, 0.05) is 29.9 Å². The lowest BCUT2D eigenvalue weighted by Gasteiger charge is -2.32. The van der Waals surface area contributed by atoms with Gasteiger partial charge in [0.1, 0.15) is 5.75 Å². The largest absolute Gasteiger partial charge is 0.479 e. The zero-order valence-corrected chi connectivity index (χ0v) is 20.2. The Balaban J connectivity index is 1.55. The Bertz CT molecular complexity index is 1230. The zero-order chi connectivity index (χ0) is 23.9. The lowest BCUT2D eigenvalue weighted by Crippen LogP contribution is -2.44. The van der Waals surface area contributed by atoms with Crippen molar-refractivity contribution in [1.82, 2.24) is 4.31 Å². The number of ether oxygens (including phenoxy) is 1. The molecule has 2 atom stereocenters. The second kappa shape index (κ2) is 8.96. The predicted octanol–water partition coefficient (Wildman–Crippen LogP) is 3.72. The standard InChI is InChI=1S/C23H26ClN3O5S/c1-13-6-7-17(24)10-18(13)25-23(29)16-5-4-8-27(12-16)33(30,31)21-11-20-19(9-14(21)2)26-22(28)15(3)32-20/h6-7,9-11,15-16H,4-5,8,12H2,1-3H3,(H,25,29)(H,26,28)/t15-,16-/m1/s1. The fourth-order valence-electron chi connectivity index (χ4n) is 4.10. The number of sulfonamides is 1. The molecule has 0 aromatic heterocycles. The van der Waals surface area contributed by atoms with E-state index in [1.807, 2.05) is 13.0 Å². The van der Waals surface area contributed by atoms with Gasteiger partial charge in [0.05, 0.1) is 16.5 Å². The number of amides is 2. The summed E-state index contributed by atoms with van der Waals surface area (Å²) in [6.07, 6.45) is 0.445. The average Bonchev–Trinajstić information content (AvgIpc) is 2.77. The van der Waals surface area contributed by atoms with Crippen LogP contribution in [0.1, 0.15) is 30.9 Å². The van der Waals surface area contributed by atoms with Crippen LogP contribution in [-0.2, 0) is 19.6 Å². The van der Waals surface area contributed by atoms with Crippen LogP contribution in [0.4, 0.5) is 11.4 Å². The number of benzene rings is 2. The molecular formula is C23H26ClN3O5S. The normalized spacial score (nSPS) is 21.0. The van der Waals surface area contributed by atoms with Crippen LogP contribution in [0.2, 0.25) is 5.02 Å². The van der Waals surface area contributed by atoms with Gasteiger partial charge in [-0.2, -0.15) is 4.31 Å². The zero-order valence-electron chi connectivity index (χ0n) is 18.6. The summed E-state index contributed by atoms with van der Waals surface area (Å²) >= 11 is 6.05. The van der Waals surface area contributed by atoms with E-state index in [1.54, 1.807) is 32.0 Å². The van der Waals surface area contributed by atoms with E-state index in [2.05, 4.69) is 10.6 Å². The number of halogens is 1. The van der Waals surface area contributed by atoms with E-state index in [9.17, 15) is 18.0 Å². The number of anilines is 2. The summed E-state index contributed by atoms with van der Waals surface area (Å²) in [6.45, 7) is 5.55.